The Morgan fingerprint density at radius 3 is 2.34 bits per heavy atom. The Labute approximate surface area is 189 Å². The van der Waals surface area contributed by atoms with Gasteiger partial charge in [0.1, 0.15) is 5.75 Å². The van der Waals surface area contributed by atoms with Gasteiger partial charge in [-0.15, -0.1) is 0 Å². The molecule has 0 radical (unpaired) electrons. The number of rotatable bonds is 4. The standard InChI is InChI=1S/C28H28N2O2/c1-31-22-16-14-21(15-17-22)27-26-25(20-10-4-2-5-11-20)23-12-6-7-13-24(23)28(26,32-29-27)30-18-8-3-9-19-30/h2,4-7,10-17,25-26H,3,8-9,18-19H2,1H3/t25-,26-,28-/m0/s1. The zero-order valence-electron chi connectivity index (χ0n) is 18.4. The predicted octanol–water partition coefficient (Wildman–Crippen LogP) is 5.53. The normalized spacial score (nSPS) is 26.7. The number of oxime groups is 1. The van der Waals surface area contributed by atoms with Crippen LogP contribution in [0.5, 0.6) is 5.75 Å². The number of methoxy groups -OCH3 is 1. The smallest absolute Gasteiger partial charge is 0.226 e. The average Bonchev–Trinajstić information content (AvgIpc) is 3.39. The van der Waals surface area contributed by atoms with Crippen LogP contribution in [0.3, 0.4) is 0 Å². The number of likely N-dealkylation sites (tertiary alicyclic amines) is 1. The van der Waals surface area contributed by atoms with Gasteiger partial charge in [-0.25, -0.2) is 0 Å². The lowest BCUT2D eigenvalue weighted by Crippen LogP contribution is -2.52. The number of fused-ring (bicyclic) bond motifs is 3. The third-order valence-electron chi connectivity index (χ3n) is 7.38. The summed E-state index contributed by atoms with van der Waals surface area (Å²) in [4.78, 5) is 9.15. The number of ether oxygens (including phenoxy) is 1. The van der Waals surface area contributed by atoms with Gasteiger partial charge < -0.3 is 9.57 Å². The van der Waals surface area contributed by atoms with E-state index in [4.69, 9.17) is 14.7 Å². The van der Waals surface area contributed by atoms with Crippen molar-refractivity contribution in [1.82, 2.24) is 4.90 Å². The predicted molar refractivity (Wildman–Crippen MR) is 126 cm³/mol. The molecule has 1 saturated heterocycles. The third kappa shape index (κ3) is 2.82. The summed E-state index contributed by atoms with van der Waals surface area (Å²) >= 11 is 0. The number of piperidine rings is 1. The van der Waals surface area contributed by atoms with E-state index in [1.54, 1.807) is 7.11 Å². The highest BCUT2D eigenvalue weighted by Crippen LogP contribution is 2.59. The molecule has 1 aliphatic carbocycles. The van der Waals surface area contributed by atoms with Gasteiger partial charge in [-0.05, 0) is 48.2 Å². The zero-order valence-corrected chi connectivity index (χ0v) is 18.4. The van der Waals surface area contributed by atoms with E-state index in [1.807, 2.05) is 12.1 Å². The van der Waals surface area contributed by atoms with E-state index in [9.17, 15) is 0 Å². The van der Waals surface area contributed by atoms with Crippen molar-refractivity contribution in [3.05, 3.63) is 101 Å². The van der Waals surface area contributed by atoms with Crippen molar-refractivity contribution in [3.63, 3.8) is 0 Å². The number of nitrogens with zero attached hydrogens (tertiary/aromatic N) is 2. The second-order valence-corrected chi connectivity index (χ2v) is 8.99. The first-order valence-corrected chi connectivity index (χ1v) is 11.6. The molecule has 0 amide bonds. The van der Waals surface area contributed by atoms with Crippen LogP contribution in [0.1, 0.15) is 47.4 Å². The van der Waals surface area contributed by atoms with Crippen molar-refractivity contribution in [1.29, 1.82) is 0 Å². The quantitative estimate of drug-likeness (QED) is 0.552. The van der Waals surface area contributed by atoms with Crippen LogP contribution >= 0.6 is 0 Å². The van der Waals surface area contributed by atoms with Crippen LogP contribution < -0.4 is 4.74 Å². The highest BCUT2D eigenvalue weighted by molar-refractivity contribution is 6.05. The summed E-state index contributed by atoms with van der Waals surface area (Å²) in [7, 11) is 1.70. The summed E-state index contributed by atoms with van der Waals surface area (Å²) in [5.41, 5.74) is 5.53. The molecule has 2 aliphatic heterocycles. The lowest BCUT2D eigenvalue weighted by molar-refractivity contribution is -0.169. The Morgan fingerprint density at radius 1 is 0.875 bits per heavy atom. The fraction of sp³-hybridized carbons (Fsp3) is 0.321. The van der Waals surface area contributed by atoms with E-state index < -0.39 is 5.72 Å². The molecule has 3 aromatic rings. The van der Waals surface area contributed by atoms with Crippen molar-refractivity contribution < 1.29 is 9.57 Å². The summed E-state index contributed by atoms with van der Waals surface area (Å²) in [5, 5.41) is 4.80. The molecule has 4 nitrogen and oxygen atoms in total. The first-order chi connectivity index (χ1) is 15.8. The molecule has 32 heavy (non-hydrogen) atoms. The van der Waals surface area contributed by atoms with Crippen LogP contribution in [0.25, 0.3) is 0 Å². The molecular weight excluding hydrogens is 396 g/mol. The molecule has 1 fully saturated rings. The minimum Gasteiger partial charge on any atom is -0.497 e. The van der Waals surface area contributed by atoms with E-state index in [-0.39, 0.29) is 11.8 Å². The van der Waals surface area contributed by atoms with Crippen LogP contribution in [-0.2, 0) is 10.6 Å². The van der Waals surface area contributed by atoms with Crippen LogP contribution in [0.2, 0.25) is 0 Å². The van der Waals surface area contributed by atoms with Gasteiger partial charge >= 0.3 is 0 Å². The molecule has 3 aromatic carbocycles. The summed E-state index contributed by atoms with van der Waals surface area (Å²) < 4.78 is 5.40. The van der Waals surface area contributed by atoms with Crippen LogP contribution in [-0.4, -0.2) is 30.8 Å². The summed E-state index contributed by atoms with van der Waals surface area (Å²) in [6.45, 7) is 2.08. The average molecular weight is 425 g/mol. The molecule has 0 unspecified atom stereocenters. The lowest BCUT2D eigenvalue weighted by atomic mass is 9.78. The van der Waals surface area contributed by atoms with E-state index in [2.05, 4.69) is 71.6 Å². The largest absolute Gasteiger partial charge is 0.497 e. The lowest BCUT2D eigenvalue weighted by Gasteiger charge is -2.42. The molecule has 0 saturated carbocycles. The second kappa shape index (κ2) is 7.79. The fourth-order valence-electron chi connectivity index (χ4n) is 5.97. The van der Waals surface area contributed by atoms with Crippen molar-refractivity contribution in [3.8, 4) is 5.75 Å². The van der Waals surface area contributed by atoms with Crippen molar-refractivity contribution in [2.24, 2.45) is 11.1 Å². The molecule has 3 atom stereocenters. The maximum Gasteiger partial charge on any atom is 0.226 e. The van der Waals surface area contributed by atoms with E-state index >= 15 is 0 Å². The molecule has 0 spiro atoms. The SMILES string of the molecule is COc1ccc(C2=NO[C@@]3(N4CCCCC4)c4ccccc4[C@H](c4ccccc4)[C@@H]23)cc1. The third-order valence-corrected chi connectivity index (χ3v) is 7.38. The van der Waals surface area contributed by atoms with Gasteiger partial charge in [-0.2, -0.15) is 0 Å². The summed E-state index contributed by atoms with van der Waals surface area (Å²) in [5.74, 6) is 1.14. The Hall–Kier alpha value is -3.11. The first-order valence-electron chi connectivity index (χ1n) is 11.6. The molecule has 2 heterocycles. The topological polar surface area (TPSA) is 34.1 Å². The molecule has 6 rings (SSSR count). The zero-order chi connectivity index (χ0) is 21.5. The van der Waals surface area contributed by atoms with Gasteiger partial charge in [0.2, 0.25) is 5.72 Å². The minimum atomic E-state index is -0.549. The fourth-order valence-corrected chi connectivity index (χ4v) is 5.97. The van der Waals surface area contributed by atoms with Crippen LogP contribution in [0.15, 0.2) is 84.0 Å². The molecule has 162 valence electrons. The van der Waals surface area contributed by atoms with Gasteiger partial charge in [-0.1, -0.05) is 66.2 Å². The number of hydrogen-bond acceptors (Lipinski definition) is 4. The van der Waals surface area contributed by atoms with Gasteiger partial charge in [0, 0.05) is 30.1 Å². The first kappa shape index (κ1) is 19.6. The van der Waals surface area contributed by atoms with E-state index in [0.29, 0.717) is 0 Å². The maximum absolute atomic E-state index is 6.59. The van der Waals surface area contributed by atoms with E-state index in [0.717, 1.165) is 30.1 Å². The molecule has 3 aliphatic rings. The van der Waals surface area contributed by atoms with Gasteiger partial charge in [0.15, 0.2) is 0 Å². The van der Waals surface area contributed by atoms with Gasteiger partial charge in [-0.3, -0.25) is 4.90 Å². The molecule has 0 bridgehead atoms. The minimum absolute atomic E-state index is 0.0915. The highest BCUT2D eigenvalue weighted by Gasteiger charge is 2.63. The molecule has 4 heteroatoms. The number of benzene rings is 3. The highest BCUT2D eigenvalue weighted by atomic mass is 16.7. The van der Waals surface area contributed by atoms with Gasteiger partial charge in [0.05, 0.1) is 18.7 Å². The van der Waals surface area contributed by atoms with Crippen molar-refractivity contribution >= 4 is 5.71 Å². The summed E-state index contributed by atoms with van der Waals surface area (Å²) in [6, 6.07) is 27.9. The van der Waals surface area contributed by atoms with Crippen LogP contribution in [0.4, 0.5) is 0 Å². The van der Waals surface area contributed by atoms with Gasteiger partial charge in [0.25, 0.3) is 0 Å². The van der Waals surface area contributed by atoms with Crippen molar-refractivity contribution in [2.75, 3.05) is 20.2 Å². The van der Waals surface area contributed by atoms with Crippen LogP contribution in [0, 0.1) is 5.92 Å². The molecule has 0 aromatic heterocycles. The Balaban J connectivity index is 1.54. The number of hydrogen-bond donors (Lipinski definition) is 0. The Morgan fingerprint density at radius 2 is 1.59 bits per heavy atom. The maximum atomic E-state index is 6.59. The second-order valence-electron chi connectivity index (χ2n) is 8.99. The Kier molecular flexibility index (Phi) is 4.76. The Bertz CT molecular complexity index is 1140. The monoisotopic (exact) mass is 424 g/mol. The molecule has 0 N–H and O–H groups in total. The van der Waals surface area contributed by atoms with Crippen molar-refractivity contribution in [2.45, 2.75) is 30.9 Å². The molecular formula is C28H28N2O2. The van der Waals surface area contributed by atoms with E-state index in [1.165, 1.54) is 36.0 Å². The summed E-state index contributed by atoms with van der Waals surface area (Å²) in [6.07, 6.45) is 3.69.